The second-order valence-corrected chi connectivity index (χ2v) is 6.90. The average Bonchev–Trinajstić information content (AvgIpc) is 2.91. The molecule has 2 N–H and O–H groups in total. The van der Waals surface area contributed by atoms with Crippen LogP contribution in [0, 0.1) is 0 Å². The maximum absolute atomic E-state index is 12.5. The Morgan fingerprint density at radius 2 is 1.92 bits per heavy atom. The Hall–Kier alpha value is -1.66. The van der Waals surface area contributed by atoms with Crippen LogP contribution in [0.4, 0.5) is 0 Å². The summed E-state index contributed by atoms with van der Waals surface area (Å²) in [6.45, 7) is -0.193. The molecule has 2 aromatic carbocycles. The zero-order valence-corrected chi connectivity index (χ0v) is 14.9. The molecule has 0 fully saturated rings. The second kappa shape index (κ2) is 6.92. The van der Waals surface area contributed by atoms with Crippen LogP contribution in [-0.4, -0.2) is 52.5 Å². The lowest BCUT2D eigenvalue weighted by Gasteiger charge is -2.23. The molecular weight excluding hydrogens is 379 g/mol. The number of hydrogen-bond donors (Lipinski definition) is 2. The Morgan fingerprint density at radius 1 is 1.24 bits per heavy atom. The molecule has 1 aliphatic rings. The lowest BCUT2D eigenvalue weighted by atomic mass is 9.49. The standard InChI is InChI=1S/C17H13B3BrNO3/c18-17(19,20)22-16(24)12-7-10(21)6-11-14(9-4-2-1-3-5-9)13(8-23)25-15(11)12/h1-7,13-14,23H,8H2,(H,22,24)/t13-,14+/m1/s1. The Kier molecular flexibility index (Phi) is 5.03. The molecule has 8 heteroatoms. The molecule has 1 aliphatic heterocycles. The number of halogens is 1. The number of rotatable bonds is 4. The molecule has 1 heterocycles. The first-order valence-corrected chi connectivity index (χ1v) is 8.44. The van der Waals surface area contributed by atoms with Gasteiger partial charge in [0.15, 0.2) is 0 Å². The van der Waals surface area contributed by atoms with E-state index in [1.807, 2.05) is 36.4 Å². The number of amides is 1. The first-order chi connectivity index (χ1) is 11.8. The van der Waals surface area contributed by atoms with Gasteiger partial charge in [-0.15, -0.1) is 0 Å². The van der Waals surface area contributed by atoms with Crippen molar-refractivity contribution in [2.45, 2.75) is 17.3 Å². The van der Waals surface area contributed by atoms with Crippen LogP contribution < -0.4 is 10.1 Å². The van der Waals surface area contributed by atoms with E-state index in [1.165, 1.54) is 0 Å². The van der Waals surface area contributed by atoms with Crippen molar-refractivity contribution in [1.82, 2.24) is 5.32 Å². The third kappa shape index (κ3) is 3.80. The summed E-state index contributed by atoms with van der Waals surface area (Å²) < 4.78 is 6.58. The highest BCUT2D eigenvalue weighted by Crippen LogP contribution is 2.45. The van der Waals surface area contributed by atoms with Gasteiger partial charge in [0.2, 0.25) is 0 Å². The van der Waals surface area contributed by atoms with E-state index in [9.17, 15) is 9.90 Å². The largest absolute Gasteiger partial charge is 0.486 e. The van der Waals surface area contributed by atoms with Gasteiger partial charge in [0.25, 0.3) is 5.91 Å². The molecule has 6 radical (unpaired) electrons. The van der Waals surface area contributed by atoms with Crippen LogP contribution in [0.5, 0.6) is 5.75 Å². The van der Waals surface area contributed by atoms with Gasteiger partial charge in [-0.3, -0.25) is 4.79 Å². The van der Waals surface area contributed by atoms with Crippen molar-refractivity contribution >= 4 is 45.4 Å². The Bertz CT molecular complexity index is 796. The van der Waals surface area contributed by atoms with Gasteiger partial charge in [-0.05, 0) is 17.7 Å². The molecule has 4 nitrogen and oxygen atoms in total. The smallest absolute Gasteiger partial charge is 0.253 e. The van der Waals surface area contributed by atoms with Crippen LogP contribution in [0.15, 0.2) is 46.9 Å². The molecular formula is C17H13B3BrNO3. The first kappa shape index (κ1) is 18.1. The highest BCUT2D eigenvalue weighted by atomic mass is 79.9. The summed E-state index contributed by atoms with van der Waals surface area (Å²) in [5.74, 6) is -0.378. The summed E-state index contributed by atoms with van der Waals surface area (Å²) in [4.78, 5) is 12.5. The number of ether oxygens (including phenoxy) is 1. The predicted molar refractivity (Wildman–Crippen MR) is 101 cm³/mol. The molecule has 3 rings (SSSR count). The van der Waals surface area contributed by atoms with E-state index in [1.54, 1.807) is 6.07 Å². The zero-order valence-electron chi connectivity index (χ0n) is 13.3. The van der Waals surface area contributed by atoms with Crippen molar-refractivity contribution < 1.29 is 14.6 Å². The van der Waals surface area contributed by atoms with Crippen LogP contribution in [0.2, 0.25) is 0 Å². The minimum Gasteiger partial charge on any atom is -0.486 e. The van der Waals surface area contributed by atoms with Crippen molar-refractivity contribution in [1.29, 1.82) is 0 Å². The maximum atomic E-state index is 12.5. The normalized spacial score (nSPS) is 19.1. The van der Waals surface area contributed by atoms with E-state index in [0.29, 0.717) is 10.2 Å². The van der Waals surface area contributed by atoms with Gasteiger partial charge in [-0.1, -0.05) is 51.5 Å². The number of hydrogen-bond acceptors (Lipinski definition) is 3. The molecule has 2 atom stereocenters. The van der Waals surface area contributed by atoms with E-state index in [-0.39, 0.29) is 18.1 Å². The van der Waals surface area contributed by atoms with Gasteiger partial charge in [0.1, 0.15) is 11.9 Å². The van der Waals surface area contributed by atoms with Crippen LogP contribution in [0.3, 0.4) is 0 Å². The number of aliphatic hydroxyl groups excluding tert-OH is 1. The molecule has 0 aliphatic carbocycles. The quantitative estimate of drug-likeness (QED) is 0.770. The highest BCUT2D eigenvalue weighted by molar-refractivity contribution is 9.10. The van der Waals surface area contributed by atoms with Crippen LogP contribution >= 0.6 is 15.9 Å². The highest BCUT2D eigenvalue weighted by Gasteiger charge is 2.38. The number of nitrogens with one attached hydrogen (secondary N) is 1. The molecule has 0 saturated carbocycles. The predicted octanol–water partition coefficient (Wildman–Crippen LogP) is 1.18. The van der Waals surface area contributed by atoms with E-state index in [2.05, 4.69) is 21.2 Å². The van der Waals surface area contributed by atoms with Crippen molar-refractivity contribution in [2.75, 3.05) is 6.61 Å². The number of fused-ring (bicyclic) bond motifs is 1. The number of aliphatic hydroxyl groups is 1. The van der Waals surface area contributed by atoms with E-state index >= 15 is 0 Å². The summed E-state index contributed by atoms with van der Waals surface area (Å²) in [7, 11) is 16.4. The van der Waals surface area contributed by atoms with Gasteiger partial charge in [-0.25, -0.2) is 0 Å². The topological polar surface area (TPSA) is 58.6 Å². The summed E-state index contributed by atoms with van der Waals surface area (Å²) in [6.07, 6.45) is -0.503. The minimum absolute atomic E-state index is 0.193. The third-order valence-corrected chi connectivity index (χ3v) is 4.43. The van der Waals surface area contributed by atoms with Gasteiger partial charge in [-0.2, -0.15) is 0 Å². The van der Waals surface area contributed by atoms with Crippen LogP contribution in [-0.2, 0) is 0 Å². The molecule has 0 spiro atoms. The SMILES string of the molecule is [B]C([B])([B])NC(=O)c1cc(Br)cc2c1O[C@H](CO)[C@H]2c1ccccc1. The molecule has 2 aromatic rings. The van der Waals surface area contributed by atoms with Crippen molar-refractivity contribution in [2.24, 2.45) is 0 Å². The van der Waals surface area contributed by atoms with E-state index < -0.39 is 17.2 Å². The van der Waals surface area contributed by atoms with Crippen molar-refractivity contribution in [3.05, 3.63) is 63.6 Å². The van der Waals surface area contributed by atoms with Crippen LogP contribution in [0.25, 0.3) is 0 Å². The summed E-state index contributed by atoms with van der Waals surface area (Å²) >= 11 is 3.41. The van der Waals surface area contributed by atoms with Crippen molar-refractivity contribution in [3.8, 4) is 5.75 Å². The molecule has 0 unspecified atom stereocenters. The average molecular weight is 392 g/mol. The second-order valence-electron chi connectivity index (χ2n) is 5.99. The van der Waals surface area contributed by atoms with E-state index in [4.69, 9.17) is 28.3 Å². The molecule has 1 amide bonds. The fourth-order valence-electron chi connectivity index (χ4n) is 3.03. The zero-order chi connectivity index (χ0) is 18.2. The fourth-order valence-corrected chi connectivity index (χ4v) is 3.50. The molecule has 0 saturated heterocycles. The lowest BCUT2D eigenvalue weighted by molar-refractivity contribution is 0.0937. The maximum Gasteiger partial charge on any atom is 0.253 e. The lowest BCUT2D eigenvalue weighted by Crippen LogP contribution is -2.50. The van der Waals surface area contributed by atoms with Gasteiger partial charge in [0.05, 0.1) is 41.6 Å². The third-order valence-electron chi connectivity index (χ3n) is 3.97. The van der Waals surface area contributed by atoms with Crippen molar-refractivity contribution in [3.63, 3.8) is 0 Å². The Balaban J connectivity index is 2.09. The minimum atomic E-state index is -1.85. The summed E-state index contributed by atoms with van der Waals surface area (Å²) in [5, 5.41) is 10.2. The molecule has 25 heavy (non-hydrogen) atoms. The van der Waals surface area contributed by atoms with E-state index in [0.717, 1.165) is 11.1 Å². The molecule has 120 valence electrons. The first-order valence-electron chi connectivity index (χ1n) is 7.65. The van der Waals surface area contributed by atoms with Crippen LogP contribution in [0.1, 0.15) is 27.4 Å². The Morgan fingerprint density at radius 3 is 2.52 bits per heavy atom. The summed E-state index contributed by atoms with van der Waals surface area (Å²) in [5.41, 5.74) is 2.02. The Labute approximate surface area is 158 Å². The summed E-state index contributed by atoms with van der Waals surface area (Å²) in [6, 6.07) is 13.1. The number of carbonyl (C=O) groups excluding carboxylic acids is 1. The monoisotopic (exact) mass is 391 g/mol. The van der Waals surface area contributed by atoms with Gasteiger partial charge in [0, 0.05) is 10.0 Å². The number of benzene rings is 2. The molecule has 0 bridgehead atoms. The number of carbonyl (C=O) groups is 1. The van der Waals surface area contributed by atoms with Gasteiger partial charge < -0.3 is 15.2 Å². The van der Waals surface area contributed by atoms with Gasteiger partial charge >= 0.3 is 0 Å². The molecule has 0 aromatic heterocycles. The fraction of sp³-hybridized carbons (Fsp3) is 0.235.